The van der Waals surface area contributed by atoms with Crippen LogP contribution in [0.5, 0.6) is 0 Å². The van der Waals surface area contributed by atoms with Gasteiger partial charge in [0.25, 0.3) is 0 Å². The lowest BCUT2D eigenvalue weighted by molar-refractivity contribution is -0.348. The number of hydrogen-bond acceptors (Lipinski definition) is 4. The number of carboxylic acid groups (broad SMARTS) is 1. The van der Waals surface area contributed by atoms with E-state index in [1.165, 1.54) is 17.9 Å². The van der Waals surface area contributed by atoms with Crippen molar-refractivity contribution in [2.75, 3.05) is 13.1 Å². The maximum Gasteiger partial charge on any atom is 0.435 e. The highest BCUT2D eigenvalue weighted by Gasteiger charge is 2.73. The Morgan fingerprint density at radius 2 is 1.49 bits per heavy atom. The van der Waals surface area contributed by atoms with Gasteiger partial charge in [-0.25, -0.2) is 17.2 Å². The number of aliphatic carboxylic acids is 1. The molecule has 1 N–H and O–H groups in total. The lowest BCUT2D eigenvalue weighted by Crippen LogP contribution is -2.50. The van der Waals surface area contributed by atoms with Crippen molar-refractivity contribution in [3.05, 3.63) is 65.0 Å². The fourth-order valence-corrected chi connectivity index (χ4v) is 8.58. The Balaban J connectivity index is 1.81. The standard InChI is InChI=1S/C30H31F8NO5S/c1-3-26(12-10-19(11-13-26)24(40)41)25(42)39-15-14-27(17-39,45(43,44)22-9-4-18(2)23(31)16-22)20-5-7-21(8-6-20)28(32,29(33,34)35)30(36,37)38/h4-9,16,19H,3,10-15,17H2,1-2H3,(H,40,41)/t19?,26?,27-/m0/s1. The van der Waals surface area contributed by atoms with Gasteiger partial charge in [-0.2, -0.15) is 26.3 Å². The Labute approximate surface area is 254 Å². The van der Waals surface area contributed by atoms with Crippen molar-refractivity contribution >= 4 is 21.7 Å². The van der Waals surface area contributed by atoms with Crippen LogP contribution in [0.4, 0.5) is 35.1 Å². The largest absolute Gasteiger partial charge is 0.481 e. The predicted octanol–water partition coefficient (Wildman–Crippen LogP) is 7.00. The Bertz CT molecular complexity index is 1550. The van der Waals surface area contributed by atoms with Crippen LogP contribution in [-0.4, -0.2) is 55.7 Å². The first-order valence-corrected chi connectivity index (χ1v) is 15.6. The molecule has 4 rings (SSSR count). The van der Waals surface area contributed by atoms with Crippen molar-refractivity contribution < 1.29 is 58.2 Å². The van der Waals surface area contributed by atoms with Gasteiger partial charge in [-0.05, 0) is 68.7 Å². The van der Waals surface area contributed by atoms with Crippen LogP contribution in [0.15, 0.2) is 47.4 Å². The number of aryl methyl sites for hydroxylation is 1. The summed E-state index contributed by atoms with van der Waals surface area (Å²) in [6, 6.07) is 4.79. The van der Waals surface area contributed by atoms with Crippen LogP contribution in [0.3, 0.4) is 0 Å². The summed E-state index contributed by atoms with van der Waals surface area (Å²) in [6.07, 6.45) is -12.0. The van der Waals surface area contributed by atoms with Crippen molar-refractivity contribution in [3.63, 3.8) is 0 Å². The van der Waals surface area contributed by atoms with E-state index in [1.807, 2.05) is 0 Å². The van der Waals surface area contributed by atoms with Crippen LogP contribution < -0.4 is 0 Å². The molecule has 1 aliphatic heterocycles. The molecular weight excluding hydrogens is 638 g/mol. The van der Waals surface area contributed by atoms with Gasteiger partial charge in [-0.15, -0.1) is 0 Å². The maximum atomic E-state index is 14.8. The zero-order valence-corrected chi connectivity index (χ0v) is 25.1. The van der Waals surface area contributed by atoms with Crippen LogP contribution in [0, 0.1) is 24.1 Å². The Hall–Kier alpha value is -3.23. The molecule has 15 heteroatoms. The van der Waals surface area contributed by atoms with E-state index in [9.17, 15) is 58.2 Å². The summed E-state index contributed by atoms with van der Waals surface area (Å²) >= 11 is 0. The minimum atomic E-state index is -6.39. The first kappa shape index (κ1) is 34.6. The number of hydrogen-bond donors (Lipinski definition) is 1. The van der Waals surface area contributed by atoms with Crippen molar-refractivity contribution in [3.8, 4) is 0 Å². The molecule has 0 radical (unpaired) electrons. The van der Waals surface area contributed by atoms with Gasteiger partial charge in [0, 0.05) is 24.1 Å². The molecule has 1 heterocycles. The lowest BCUT2D eigenvalue weighted by Gasteiger charge is -2.40. The molecule has 0 bridgehead atoms. The number of nitrogens with zero attached hydrogens (tertiary/aromatic N) is 1. The van der Waals surface area contributed by atoms with E-state index < -0.39 is 78.6 Å². The Morgan fingerprint density at radius 1 is 0.933 bits per heavy atom. The molecular formula is C30H31F8NO5S. The molecule has 1 saturated heterocycles. The van der Waals surface area contributed by atoms with Gasteiger partial charge in [0.2, 0.25) is 5.91 Å². The van der Waals surface area contributed by atoms with Gasteiger partial charge >= 0.3 is 24.0 Å². The number of amides is 1. The fourth-order valence-electron chi connectivity index (χ4n) is 6.49. The molecule has 2 fully saturated rings. The predicted molar refractivity (Wildman–Crippen MR) is 145 cm³/mol. The van der Waals surface area contributed by atoms with E-state index in [4.69, 9.17) is 0 Å². The SMILES string of the molecule is CCC1(C(=O)N2CC[C@](c3ccc(C(F)(C(F)(F)F)C(F)(F)F)cc3)(S(=O)(=O)c3ccc(C)c(F)c3)C2)CCC(C(=O)O)CC1. The highest BCUT2D eigenvalue weighted by molar-refractivity contribution is 7.92. The van der Waals surface area contributed by atoms with Crippen LogP contribution in [0.2, 0.25) is 0 Å². The Kier molecular flexibility index (Phi) is 8.88. The quantitative estimate of drug-likeness (QED) is 0.321. The first-order valence-electron chi connectivity index (χ1n) is 14.1. The minimum absolute atomic E-state index is 0.107. The highest BCUT2D eigenvalue weighted by Crippen LogP contribution is 2.54. The molecule has 1 amide bonds. The molecule has 248 valence electrons. The van der Waals surface area contributed by atoms with Gasteiger partial charge in [0.05, 0.1) is 10.8 Å². The van der Waals surface area contributed by atoms with Crippen LogP contribution in [-0.2, 0) is 29.8 Å². The van der Waals surface area contributed by atoms with Gasteiger partial charge in [0.15, 0.2) is 9.84 Å². The summed E-state index contributed by atoms with van der Waals surface area (Å²) in [6.45, 7) is 2.35. The summed E-state index contributed by atoms with van der Waals surface area (Å²) in [5, 5.41) is 9.38. The number of benzene rings is 2. The van der Waals surface area contributed by atoms with Gasteiger partial charge in [-0.3, -0.25) is 9.59 Å². The van der Waals surface area contributed by atoms with E-state index in [-0.39, 0.29) is 61.9 Å². The summed E-state index contributed by atoms with van der Waals surface area (Å²) in [7, 11) is -4.69. The van der Waals surface area contributed by atoms with E-state index >= 15 is 0 Å². The maximum absolute atomic E-state index is 14.8. The second-order valence-electron chi connectivity index (χ2n) is 11.9. The summed E-state index contributed by atoms with van der Waals surface area (Å²) < 4.78 is 136. The molecule has 1 saturated carbocycles. The third-order valence-corrected chi connectivity index (χ3v) is 12.0. The number of likely N-dealkylation sites (tertiary alicyclic amines) is 1. The van der Waals surface area contributed by atoms with E-state index in [2.05, 4.69) is 0 Å². The molecule has 0 aromatic heterocycles. The monoisotopic (exact) mass is 669 g/mol. The molecule has 2 aliphatic rings. The van der Waals surface area contributed by atoms with Crippen molar-refractivity contribution in [2.24, 2.45) is 11.3 Å². The molecule has 0 unspecified atom stereocenters. The zero-order chi connectivity index (χ0) is 33.8. The second kappa shape index (κ2) is 11.5. The number of carbonyl (C=O) groups is 2. The first-order chi connectivity index (χ1) is 20.7. The summed E-state index contributed by atoms with van der Waals surface area (Å²) in [5.74, 6) is -3.00. The number of sulfone groups is 1. The minimum Gasteiger partial charge on any atom is -0.481 e. The average Bonchev–Trinajstić information content (AvgIpc) is 3.44. The van der Waals surface area contributed by atoms with Gasteiger partial charge < -0.3 is 10.0 Å². The molecule has 1 atom stereocenters. The third kappa shape index (κ3) is 5.58. The number of rotatable bonds is 7. The van der Waals surface area contributed by atoms with Crippen LogP contribution in [0.25, 0.3) is 0 Å². The van der Waals surface area contributed by atoms with E-state index in [0.29, 0.717) is 18.6 Å². The lowest BCUT2D eigenvalue weighted by atomic mass is 9.68. The molecule has 2 aromatic carbocycles. The molecule has 0 spiro atoms. The Morgan fingerprint density at radius 3 is 1.96 bits per heavy atom. The van der Waals surface area contributed by atoms with Crippen LogP contribution >= 0.6 is 0 Å². The molecule has 2 aromatic rings. The van der Waals surface area contributed by atoms with Gasteiger partial charge in [0.1, 0.15) is 10.6 Å². The molecule has 6 nitrogen and oxygen atoms in total. The zero-order valence-electron chi connectivity index (χ0n) is 24.2. The molecule has 1 aliphatic carbocycles. The number of halogens is 8. The van der Waals surface area contributed by atoms with Crippen molar-refractivity contribution in [1.29, 1.82) is 0 Å². The summed E-state index contributed by atoms with van der Waals surface area (Å²) in [4.78, 5) is 26.1. The smallest absolute Gasteiger partial charge is 0.435 e. The normalized spacial score (nSPS) is 24.9. The topological polar surface area (TPSA) is 91.8 Å². The van der Waals surface area contributed by atoms with E-state index in [1.54, 1.807) is 6.92 Å². The van der Waals surface area contributed by atoms with Crippen LogP contribution in [0.1, 0.15) is 62.1 Å². The summed E-state index contributed by atoms with van der Waals surface area (Å²) in [5.41, 5.74) is -8.78. The average molecular weight is 670 g/mol. The number of carboxylic acids is 1. The van der Waals surface area contributed by atoms with Crippen molar-refractivity contribution in [1.82, 2.24) is 4.90 Å². The van der Waals surface area contributed by atoms with Gasteiger partial charge in [-0.1, -0.05) is 37.3 Å². The van der Waals surface area contributed by atoms with Crippen molar-refractivity contribution in [2.45, 2.75) is 80.0 Å². The fraction of sp³-hybridized carbons (Fsp3) is 0.533. The number of carbonyl (C=O) groups excluding carboxylic acids is 1. The number of alkyl halides is 7. The van der Waals surface area contributed by atoms with E-state index in [0.717, 1.165) is 12.1 Å². The highest BCUT2D eigenvalue weighted by atomic mass is 32.2. The second-order valence-corrected chi connectivity index (χ2v) is 14.1. The molecule has 45 heavy (non-hydrogen) atoms. The third-order valence-electron chi connectivity index (χ3n) is 9.50.